The van der Waals surface area contributed by atoms with E-state index in [0.29, 0.717) is 31.2 Å². The average molecular weight is 350 g/mol. The topological polar surface area (TPSA) is 82.6 Å². The molecule has 130 valence electrons. The van der Waals surface area contributed by atoms with E-state index in [1.807, 2.05) is 18.2 Å². The maximum Gasteiger partial charge on any atom is 0.281 e. The first-order chi connectivity index (χ1) is 11.4. The van der Waals surface area contributed by atoms with Crippen LogP contribution in [0.3, 0.4) is 0 Å². The first-order valence-electron chi connectivity index (χ1n) is 8.03. The Morgan fingerprint density at radius 1 is 1.33 bits per heavy atom. The van der Waals surface area contributed by atoms with Crippen LogP contribution >= 0.6 is 0 Å². The average Bonchev–Trinajstić information content (AvgIpc) is 3.39. The highest BCUT2D eigenvalue weighted by atomic mass is 32.2. The molecule has 24 heavy (non-hydrogen) atoms. The zero-order chi connectivity index (χ0) is 17.3. The zero-order valence-electron chi connectivity index (χ0n) is 13.9. The third-order valence-electron chi connectivity index (χ3n) is 4.18. The fourth-order valence-electron chi connectivity index (χ4n) is 2.55. The number of carbonyl (C=O) groups excluding carboxylic acids is 1. The largest absolute Gasteiger partial charge is 0.348 e. The van der Waals surface area contributed by atoms with Crippen molar-refractivity contribution in [1.29, 1.82) is 0 Å². The minimum atomic E-state index is -3.40. The van der Waals surface area contributed by atoms with E-state index in [4.69, 9.17) is 0 Å². The second-order valence-electron chi connectivity index (χ2n) is 6.28. The van der Waals surface area contributed by atoms with Crippen molar-refractivity contribution in [3.63, 3.8) is 0 Å². The van der Waals surface area contributed by atoms with Crippen LogP contribution in [0.25, 0.3) is 5.57 Å². The van der Waals surface area contributed by atoms with Gasteiger partial charge in [0.25, 0.3) is 16.1 Å². The Hall–Kier alpha value is -1.77. The van der Waals surface area contributed by atoms with Crippen LogP contribution in [0.2, 0.25) is 0 Å². The van der Waals surface area contributed by atoms with Crippen molar-refractivity contribution in [2.45, 2.75) is 25.3 Å². The van der Waals surface area contributed by atoms with Gasteiger partial charge < -0.3 is 5.32 Å². The summed E-state index contributed by atoms with van der Waals surface area (Å²) in [6.07, 6.45) is 4.52. The molecule has 1 fully saturated rings. The van der Waals surface area contributed by atoms with Crippen LogP contribution in [0, 0.1) is 0 Å². The van der Waals surface area contributed by atoms with Gasteiger partial charge in [0.05, 0.1) is 5.69 Å². The van der Waals surface area contributed by atoms with Crippen LogP contribution in [-0.2, 0) is 10.2 Å². The van der Waals surface area contributed by atoms with Gasteiger partial charge in [0.1, 0.15) is 5.69 Å². The van der Waals surface area contributed by atoms with Gasteiger partial charge in [-0.3, -0.25) is 4.79 Å². The summed E-state index contributed by atoms with van der Waals surface area (Å²) in [6.45, 7) is 0.725. The maximum absolute atomic E-state index is 12.1. The third-order valence-corrected chi connectivity index (χ3v) is 6.09. The van der Waals surface area contributed by atoms with Crippen molar-refractivity contribution < 1.29 is 13.2 Å². The van der Waals surface area contributed by atoms with E-state index in [9.17, 15) is 13.2 Å². The lowest BCUT2D eigenvalue weighted by Crippen LogP contribution is -2.42. The molecule has 0 spiro atoms. The van der Waals surface area contributed by atoms with Crippen molar-refractivity contribution in [3.05, 3.63) is 35.7 Å². The van der Waals surface area contributed by atoms with E-state index in [2.05, 4.69) is 10.3 Å². The van der Waals surface area contributed by atoms with Crippen LogP contribution < -0.4 is 5.32 Å². The van der Waals surface area contributed by atoms with E-state index in [1.165, 1.54) is 22.7 Å². The first-order valence-corrected chi connectivity index (χ1v) is 9.42. The highest BCUT2D eigenvalue weighted by molar-refractivity contribution is 7.86. The van der Waals surface area contributed by atoms with Crippen LogP contribution in [0.1, 0.15) is 35.4 Å². The van der Waals surface area contributed by atoms with Crippen molar-refractivity contribution in [2.24, 2.45) is 0 Å². The molecule has 0 bridgehead atoms. The Labute approximate surface area is 142 Å². The second-order valence-corrected chi connectivity index (χ2v) is 8.43. The lowest BCUT2D eigenvalue weighted by atomic mass is 10.1. The number of nitrogens with one attached hydrogen (secondary N) is 1. The molecule has 0 aromatic carbocycles. The highest BCUT2D eigenvalue weighted by Crippen LogP contribution is 2.23. The van der Waals surface area contributed by atoms with Crippen molar-refractivity contribution in [1.82, 2.24) is 18.9 Å². The number of rotatable bonds is 5. The fraction of sp³-hybridized carbons (Fsp3) is 0.500. The first kappa shape index (κ1) is 17.1. The van der Waals surface area contributed by atoms with E-state index in [-0.39, 0.29) is 5.91 Å². The summed E-state index contributed by atoms with van der Waals surface area (Å²) in [6, 6.07) is 5.67. The standard InChI is InChI=1S/C16H22N4O3S/c1-19(2)24(22,23)20-10-8-12(9-11-20)14-4-3-5-15(18-14)16(21)17-13-6-7-13/h3-5,8,13H,6-7,9-11H2,1-2H3,(H,17,21). The summed E-state index contributed by atoms with van der Waals surface area (Å²) in [4.78, 5) is 16.5. The van der Waals surface area contributed by atoms with Gasteiger partial charge >= 0.3 is 0 Å². The molecular weight excluding hydrogens is 328 g/mol. The maximum atomic E-state index is 12.1. The Morgan fingerprint density at radius 3 is 2.67 bits per heavy atom. The molecule has 1 amide bonds. The van der Waals surface area contributed by atoms with Gasteiger partial charge in [-0.2, -0.15) is 17.0 Å². The fourth-order valence-corrected chi connectivity index (χ4v) is 3.60. The summed E-state index contributed by atoms with van der Waals surface area (Å²) >= 11 is 0. The van der Waals surface area contributed by atoms with Gasteiger partial charge in [-0.15, -0.1) is 0 Å². The smallest absolute Gasteiger partial charge is 0.281 e. The van der Waals surface area contributed by atoms with Gasteiger partial charge in [-0.1, -0.05) is 12.1 Å². The van der Waals surface area contributed by atoms with Crippen molar-refractivity contribution in [2.75, 3.05) is 27.2 Å². The number of carbonyl (C=O) groups is 1. The molecule has 1 aliphatic heterocycles. The molecule has 3 rings (SSSR count). The number of aromatic nitrogens is 1. The van der Waals surface area contributed by atoms with Crippen LogP contribution in [0.15, 0.2) is 24.3 Å². The van der Waals surface area contributed by atoms with E-state index in [0.717, 1.165) is 24.1 Å². The third kappa shape index (κ3) is 3.66. The zero-order valence-corrected chi connectivity index (χ0v) is 14.7. The second kappa shape index (κ2) is 6.62. The molecule has 1 aromatic heterocycles. The molecule has 1 aromatic rings. The monoisotopic (exact) mass is 350 g/mol. The SMILES string of the molecule is CN(C)S(=O)(=O)N1CC=C(c2cccc(C(=O)NC3CC3)n2)CC1. The minimum Gasteiger partial charge on any atom is -0.348 e. The summed E-state index contributed by atoms with van der Waals surface area (Å²) in [5.74, 6) is -0.146. The molecule has 7 nitrogen and oxygen atoms in total. The highest BCUT2D eigenvalue weighted by Gasteiger charge is 2.27. The van der Waals surface area contributed by atoms with Crippen LogP contribution in [-0.4, -0.2) is 61.1 Å². The quantitative estimate of drug-likeness (QED) is 0.854. The summed E-state index contributed by atoms with van der Waals surface area (Å²) < 4.78 is 26.9. The Bertz CT molecular complexity index is 769. The number of amides is 1. The molecule has 0 atom stereocenters. The lowest BCUT2D eigenvalue weighted by Gasteiger charge is -2.28. The van der Waals surface area contributed by atoms with Gasteiger partial charge in [-0.25, -0.2) is 4.98 Å². The number of nitrogens with zero attached hydrogens (tertiary/aromatic N) is 3. The van der Waals surface area contributed by atoms with E-state index in [1.54, 1.807) is 6.07 Å². The summed E-state index contributed by atoms with van der Waals surface area (Å²) in [5.41, 5.74) is 2.12. The lowest BCUT2D eigenvalue weighted by molar-refractivity contribution is 0.0946. The minimum absolute atomic E-state index is 0.146. The molecule has 2 aliphatic rings. The molecule has 1 saturated carbocycles. The molecule has 2 heterocycles. The summed E-state index contributed by atoms with van der Waals surface area (Å²) in [7, 11) is -0.344. The number of pyridine rings is 1. The van der Waals surface area contributed by atoms with E-state index >= 15 is 0 Å². The van der Waals surface area contributed by atoms with Gasteiger partial charge in [0.15, 0.2) is 0 Å². The van der Waals surface area contributed by atoms with Crippen LogP contribution in [0.5, 0.6) is 0 Å². The van der Waals surface area contributed by atoms with Crippen molar-refractivity contribution >= 4 is 21.7 Å². The van der Waals surface area contributed by atoms with Gasteiger partial charge in [0.2, 0.25) is 0 Å². The van der Waals surface area contributed by atoms with E-state index < -0.39 is 10.2 Å². The van der Waals surface area contributed by atoms with Crippen molar-refractivity contribution in [3.8, 4) is 0 Å². The normalized spacial score (nSPS) is 19.2. The number of hydrogen-bond acceptors (Lipinski definition) is 4. The van der Waals surface area contributed by atoms with Gasteiger partial charge in [-0.05, 0) is 37.0 Å². The molecule has 1 aliphatic carbocycles. The number of hydrogen-bond donors (Lipinski definition) is 1. The Balaban J connectivity index is 1.73. The predicted molar refractivity (Wildman–Crippen MR) is 91.5 cm³/mol. The molecule has 0 unspecified atom stereocenters. The Morgan fingerprint density at radius 2 is 2.08 bits per heavy atom. The predicted octanol–water partition coefficient (Wildman–Crippen LogP) is 0.869. The molecular formula is C16H22N4O3S. The van der Waals surface area contributed by atoms with Crippen LogP contribution in [0.4, 0.5) is 0 Å². The molecule has 0 radical (unpaired) electrons. The summed E-state index contributed by atoms with van der Waals surface area (Å²) in [5, 5.41) is 2.93. The molecule has 1 N–H and O–H groups in total. The Kier molecular flexibility index (Phi) is 4.71. The van der Waals surface area contributed by atoms with Gasteiger partial charge in [0, 0.05) is 33.2 Å². The molecule has 8 heteroatoms. The molecule has 0 saturated heterocycles.